The van der Waals surface area contributed by atoms with Crippen LogP contribution in [0.5, 0.6) is 0 Å². The average Bonchev–Trinajstić information content (AvgIpc) is 2.27. The van der Waals surface area contributed by atoms with Crippen molar-refractivity contribution >= 4 is 0 Å². The van der Waals surface area contributed by atoms with Gasteiger partial charge in [0.05, 0.1) is 0 Å². The Morgan fingerprint density at radius 1 is 1.36 bits per heavy atom. The Labute approximate surface area is 88.5 Å². The van der Waals surface area contributed by atoms with Crippen molar-refractivity contribution in [1.29, 1.82) is 0 Å². The monoisotopic (exact) mass is 199 g/mol. The molecule has 1 aliphatic heterocycles. The van der Waals surface area contributed by atoms with Crippen LogP contribution in [0.2, 0.25) is 0 Å². The summed E-state index contributed by atoms with van der Waals surface area (Å²) in [5, 5.41) is 3.56. The van der Waals surface area contributed by atoms with E-state index >= 15 is 0 Å². The van der Waals surface area contributed by atoms with E-state index in [0.29, 0.717) is 12.1 Å². The maximum atomic E-state index is 3.56. The molecule has 0 aromatic carbocycles. The number of likely N-dealkylation sites (N-methyl/N-ethyl adjacent to an activating group) is 1. The average molecular weight is 199 g/mol. The number of rotatable bonds is 3. The second-order valence-electron chi connectivity index (χ2n) is 4.79. The number of hydrogen-bond acceptors (Lipinski definition) is 3. The van der Waals surface area contributed by atoms with E-state index in [-0.39, 0.29) is 0 Å². The summed E-state index contributed by atoms with van der Waals surface area (Å²) in [4.78, 5) is 4.85. The molecule has 0 aromatic heterocycles. The van der Waals surface area contributed by atoms with Crippen LogP contribution in [0.25, 0.3) is 0 Å². The van der Waals surface area contributed by atoms with Crippen molar-refractivity contribution in [2.45, 2.75) is 32.4 Å². The van der Waals surface area contributed by atoms with Crippen LogP contribution in [0.4, 0.5) is 0 Å². The fraction of sp³-hybridized carbons (Fsp3) is 1.00. The van der Waals surface area contributed by atoms with Crippen molar-refractivity contribution in [2.75, 3.05) is 40.3 Å². The molecule has 2 atom stereocenters. The van der Waals surface area contributed by atoms with Gasteiger partial charge in [-0.1, -0.05) is 0 Å². The molecule has 0 saturated carbocycles. The smallest absolute Gasteiger partial charge is 0.0193 e. The Morgan fingerprint density at radius 2 is 2.07 bits per heavy atom. The standard InChI is InChI=1S/C11H25N3/c1-10-5-6-14(8-7-13(3)4)11(2)9-12-10/h10-12H,5-9H2,1-4H3. The van der Waals surface area contributed by atoms with Crippen molar-refractivity contribution < 1.29 is 0 Å². The van der Waals surface area contributed by atoms with E-state index < -0.39 is 0 Å². The van der Waals surface area contributed by atoms with Crippen LogP contribution in [-0.2, 0) is 0 Å². The number of nitrogens with one attached hydrogen (secondary N) is 1. The van der Waals surface area contributed by atoms with Gasteiger partial charge in [0.15, 0.2) is 0 Å². The van der Waals surface area contributed by atoms with Crippen molar-refractivity contribution in [3.05, 3.63) is 0 Å². The summed E-state index contributed by atoms with van der Waals surface area (Å²) in [6, 6.07) is 1.36. The van der Waals surface area contributed by atoms with Gasteiger partial charge in [0.1, 0.15) is 0 Å². The molecule has 1 N–H and O–H groups in total. The van der Waals surface area contributed by atoms with Crippen molar-refractivity contribution in [2.24, 2.45) is 0 Å². The van der Waals surface area contributed by atoms with Gasteiger partial charge in [-0.15, -0.1) is 0 Å². The quantitative estimate of drug-likeness (QED) is 0.719. The van der Waals surface area contributed by atoms with E-state index in [1.807, 2.05) is 0 Å². The van der Waals surface area contributed by atoms with Crippen LogP contribution in [0, 0.1) is 0 Å². The first-order valence-corrected chi connectivity index (χ1v) is 5.71. The fourth-order valence-electron chi connectivity index (χ4n) is 1.84. The van der Waals surface area contributed by atoms with Gasteiger partial charge in [0.2, 0.25) is 0 Å². The molecule has 1 rings (SSSR count). The molecule has 14 heavy (non-hydrogen) atoms. The molecule has 0 amide bonds. The molecule has 0 radical (unpaired) electrons. The van der Waals surface area contributed by atoms with Crippen molar-refractivity contribution in [3.63, 3.8) is 0 Å². The summed E-state index contributed by atoms with van der Waals surface area (Å²) in [6.45, 7) is 9.34. The molecule has 3 nitrogen and oxygen atoms in total. The summed E-state index contributed by atoms with van der Waals surface area (Å²) >= 11 is 0. The van der Waals surface area contributed by atoms with Gasteiger partial charge in [-0.3, -0.25) is 4.90 Å². The summed E-state index contributed by atoms with van der Waals surface area (Å²) in [5.74, 6) is 0. The lowest BCUT2D eigenvalue weighted by Gasteiger charge is -2.27. The molecule has 1 heterocycles. The summed E-state index contributed by atoms with van der Waals surface area (Å²) in [7, 11) is 4.28. The Hall–Kier alpha value is -0.120. The molecule has 0 bridgehead atoms. The van der Waals surface area contributed by atoms with Crippen LogP contribution in [0.3, 0.4) is 0 Å². The third-order valence-corrected chi connectivity index (χ3v) is 3.07. The molecular formula is C11H25N3. The topological polar surface area (TPSA) is 18.5 Å². The Balaban J connectivity index is 2.34. The van der Waals surface area contributed by atoms with E-state index in [9.17, 15) is 0 Å². The Kier molecular flexibility index (Phi) is 4.85. The predicted octanol–water partition coefficient (Wildman–Crippen LogP) is 0.620. The van der Waals surface area contributed by atoms with Gasteiger partial charge < -0.3 is 10.2 Å². The van der Waals surface area contributed by atoms with Crippen molar-refractivity contribution in [1.82, 2.24) is 15.1 Å². The van der Waals surface area contributed by atoms with Crippen LogP contribution in [0.15, 0.2) is 0 Å². The highest BCUT2D eigenvalue weighted by Crippen LogP contribution is 2.06. The first kappa shape index (κ1) is 12.0. The van der Waals surface area contributed by atoms with E-state index in [1.54, 1.807) is 0 Å². The van der Waals surface area contributed by atoms with Crippen LogP contribution < -0.4 is 5.32 Å². The lowest BCUT2D eigenvalue weighted by molar-refractivity contribution is 0.200. The largest absolute Gasteiger partial charge is 0.313 e. The van der Waals surface area contributed by atoms with Crippen molar-refractivity contribution in [3.8, 4) is 0 Å². The highest BCUT2D eigenvalue weighted by molar-refractivity contribution is 4.78. The fourth-order valence-corrected chi connectivity index (χ4v) is 1.84. The molecular weight excluding hydrogens is 174 g/mol. The molecule has 3 heteroatoms. The summed E-state index contributed by atoms with van der Waals surface area (Å²) in [6.07, 6.45) is 1.28. The van der Waals surface area contributed by atoms with Crippen LogP contribution in [-0.4, -0.2) is 62.2 Å². The normalized spacial score (nSPS) is 30.6. The van der Waals surface area contributed by atoms with Gasteiger partial charge in [-0.25, -0.2) is 0 Å². The van der Waals surface area contributed by atoms with Crippen LogP contribution in [0.1, 0.15) is 20.3 Å². The minimum atomic E-state index is 0.680. The summed E-state index contributed by atoms with van der Waals surface area (Å²) in [5.41, 5.74) is 0. The summed E-state index contributed by atoms with van der Waals surface area (Å²) < 4.78 is 0. The molecule has 1 aliphatic rings. The molecule has 0 aromatic rings. The zero-order valence-electron chi connectivity index (χ0n) is 10.1. The minimum Gasteiger partial charge on any atom is -0.313 e. The second-order valence-corrected chi connectivity index (χ2v) is 4.79. The maximum Gasteiger partial charge on any atom is 0.0193 e. The zero-order valence-corrected chi connectivity index (χ0v) is 10.1. The molecule has 84 valence electrons. The highest BCUT2D eigenvalue weighted by atomic mass is 15.2. The predicted molar refractivity (Wildman–Crippen MR) is 61.7 cm³/mol. The van der Waals surface area contributed by atoms with Gasteiger partial charge >= 0.3 is 0 Å². The molecule has 0 aliphatic carbocycles. The van der Waals surface area contributed by atoms with Gasteiger partial charge in [0, 0.05) is 31.7 Å². The third kappa shape index (κ3) is 3.95. The van der Waals surface area contributed by atoms with Gasteiger partial charge in [-0.05, 0) is 40.9 Å². The maximum absolute atomic E-state index is 3.56. The highest BCUT2D eigenvalue weighted by Gasteiger charge is 2.18. The lowest BCUT2D eigenvalue weighted by atomic mass is 10.2. The Bertz CT molecular complexity index is 159. The number of hydrogen-bond donors (Lipinski definition) is 1. The molecule has 1 saturated heterocycles. The van der Waals surface area contributed by atoms with E-state index in [4.69, 9.17) is 0 Å². The molecule has 2 unspecified atom stereocenters. The second kappa shape index (κ2) is 5.69. The first-order valence-electron chi connectivity index (χ1n) is 5.71. The first-order chi connectivity index (χ1) is 6.59. The SMILES string of the molecule is CC1CCN(CCN(C)C)C(C)CN1. The molecule has 0 spiro atoms. The van der Waals surface area contributed by atoms with Crippen LogP contribution >= 0.6 is 0 Å². The zero-order chi connectivity index (χ0) is 10.6. The minimum absolute atomic E-state index is 0.680. The third-order valence-electron chi connectivity index (χ3n) is 3.07. The lowest BCUT2D eigenvalue weighted by Crippen LogP contribution is -2.41. The Morgan fingerprint density at radius 3 is 2.71 bits per heavy atom. The van der Waals surface area contributed by atoms with E-state index in [0.717, 1.165) is 6.54 Å². The van der Waals surface area contributed by atoms with Gasteiger partial charge in [-0.2, -0.15) is 0 Å². The van der Waals surface area contributed by atoms with E-state index in [1.165, 1.54) is 26.1 Å². The molecule has 1 fully saturated rings. The van der Waals surface area contributed by atoms with Gasteiger partial charge in [0.25, 0.3) is 0 Å². The number of nitrogens with zero attached hydrogens (tertiary/aromatic N) is 2. The van der Waals surface area contributed by atoms with E-state index in [2.05, 4.69) is 43.1 Å².